The summed E-state index contributed by atoms with van der Waals surface area (Å²) >= 11 is 0. The predicted molar refractivity (Wildman–Crippen MR) is 250 cm³/mol. The molecule has 4 saturated carbocycles. The predicted octanol–water partition coefficient (Wildman–Crippen LogP) is -3.94. The van der Waals surface area contributed by atoms with E-state index in [-0.39, 0.29) is 22.9 Å². The highest BCUT2D eigenvalue weighted by Crippen LogP contribution is 2.71. The Bertz CT molecular complexity index is 1910. The van der Waals surface area contributed by atoms with Crippen LogP contribution < -0.4 is 0 Å². The zero-order valence-electron chi connectivity index (χ0n) is 43.1. The van der Waals surface area contributed by atoms with Crippen molar-refractivity contribution in [3.05, 3.63) is 0 Å². The molecule has 0 aromatic rings. The van der Waals surface area contributed by atoms with Crippen molar-refractivity contribution in [3.63, 3.8) is 0 Å². The SMILES string of the molecule is C[C@@H]1CC[C@@]2(OC1)O[C@H]1C[C@H]3[C@@H]4CC[C@H]5C[C@@H](O[C@@H]6O[C@H](CO)[C@H](O[C@@H]7O[C@H](CO)[C@@H](O)[C@H](O[C@@H]8O[C@H](CO)[C@@H](O)[C@H](O)[C@H]8O)[C@H]7O[C@@H]7O[C@H](CO)[C@H](O)[C@H](O)[C@H]7O)[C@H](O)[C@H]6O)[C@H](O)C[C@]5(C)[C@H]4CC[C@]3(C)[C@H]1[C@@H]2C. The summed E-state index contributed by atoms with van der Waals surface area (Å²) in [6.45, 7) is 6.57. The first-order valence-corrected chi connectivity index (χ1v) is 27.4. The first-order chi connectivity index (χ1) is 35.6. The van der Waals surface area contributed by atoms with E-state index in [1.165, 1.54) is 0 Å². The number of hydrogen-bond acceptors (Lipinski definition) is 24. The minimum atomic E-state index is -2.06. The van der Waals surface area contributed by atoms with E-state index in [9.17, 15) is 71.5 Å². The molecule has 14 N–H and O–H groups in total. The van der Waals surface area contributed by atoms with Gasteiger partial charge < -0.3 is 119 Å². The zero-order valence-corrected chi connectivity index (χ0v) is 43.1. The molecular formula is C51H84O24. The van der Waals surface area contributed by atoms with Crippen LogP contribution in [0.15, 0.2) is 0 Å². The van der Waals surface area contributed by atoms with Crippen LogP contribution in [-0.2, 0) is 47.4 Å². The first-order valence-electron chi connectivity index (χ1n) is 27.4. The minimum absolute atomic E-state index is 0.121. The molecule has 0 radical (unpaired) electrons. The smallest absolute Gasteiger partial charge is 0.187 e. The van der Waals surface area contributed by atoms with Gasteiger partial charge in [0, 0.05) is 12.3 Å². The van der Waals surface area contributed by atoms with Gasteiger partial charge in [-0.15, -0.1) is 0 Å². The number of rotatable bonds is 12. The van der Waals surface area contributed by atoms with E-state index in [0.29, 0.717) is 48.3 Å². The Balaban J connectivity index is 0.831. The largest absolute Gasteiger partial charge is 0.394 e. The maximum Gasteiger partial charge on any atom is 0.187 e. The van der Waals surface area contributed by atoms with Gasteiger partial charge in [0.05, 0.1) is 51.3 Å². The fourth-order valence-corrected chi connectivity index (χ4v) is 16.2. The maximum atomic E-state index is 12.0. The maximum absolute atomic E-state index is 12.0. The summed E-state index contributed by atoms with van der Waals surface area (Å²) in [7, 11) is 0. The van der Waals surface area contributed by atoms with Crippen molar-refractivity contribution in [2.75, 3.05) is 33.0 Å². The Labute approximate surface area is 435 Å². The summed E-state index contributed by atoms with van der Waals surface area (Å²) < 4.78 is 61.2. The monoisotopic (exact) mass is 1080 g/mol. The third-order valence-electron chi connectivity index (χ3n) is 20.4. The lowest BCUT2D eigenvalue weighted by Gasteiger charge is -2.62. The van der Waals surface area contributed by atoms with E-state index >= 15 is 0 Å². The molecule has 33 atom stereocenters. The number of hydrogen-bond donors (Lipinski definition) is 14. The number of ether oxygens (including phenoxy) is 10. The lowest BCUT2D eigenvalue weighted by Crippen LogP contribution is -2.69. The highest BCUT2D eigenvalue weighted by atomic mass is 16.8. The molecule has 10 aliphatic rings. The van der Waals surface area contributed by atoms with Gasteiger partial charge in [-0.1, -0.05) is 27.7 Å². The molecule has 0 amide bonds. The molecule has 0 unspecified atom stereocenters. The van der Waals surface area contributed by atoms with E-state index in [1.54, 1.807) is 0 Å². The molecule has 4 aliphatic carbocycles. The Morgan fingerprint density at radius 1 is 0.493 bits per heavy atom. The Kier molecular flexibility index (Phi) is 16.9. The molecule has 6 aliphatic heterocycles. The number of aliphatic hydroxyl groups is 14. The molecule has 0 aromatic heterocycles. The van der Waals surface area contributed by atoms with Crippen LogP contribution in [0.5, 0.6) is 0 Å². The molecule has 6 saturated heterocycles. The van der Waals surface area contributed by atoms with Crippen LogP contribution in [0.3, 0.4) is 0 Å². The topological polar surface area (TPSA) is 376 Å². The van der Waals surface area contributed by atoms with Gasteiger partial charge in [0.15, 0.2) is 30.9 Å². The van der Waals surface area contributed by atoms with Crippen LogP contribution >= 0.6 is 0 Å². The van der Waals surface area contributed by atoms with Gasteiger partial charge in [-0.3, -0.25) is 0 Å². The lowest BCUT2D eigenvalue weighted by atomic mass is 9.44. The average Bonchev–Trinajstić information content (AvgIpc) is 3.84. The fraction of sp³-hybridized carbons (Fsp3) is 1.00. The molecule has 0 aromatic carbocycles. The van der Waals surface area contributed by atoms with Crippen molar-refractivity contribution < 1.29 is 119 Å². The molecule has 6 heterocycles. The second-order valence-electron chi connectivity index (χ2n) is 24.5. The zero-order chi connectivity index (χ0) is 53.8. The second-order valence-corrected chi connectivity index (χ2v) is 24.5. The van der Waals surface area contributed by atoms with E-state index in [1.807, 2.05) is 0 Å². The standard InChI is InChI=1S/C51H84O24/c1-19-7-10-51(66-18-19)20(2)32-27(75-51)12-24-22-6-5-21-11-26(25(56)13-50(21,4)23(22)8-9-49(24,32)3)67-45-41(65)38(62)42(31(17-55)71-45)72-48-44(74-47-40(64)37(61)34(58)29(15-53)69-47)43(35(59)30(16-54)70-48)73-46-39(63)36(60)33(57)28(14-52)68-46/h19-48,52-65H,5-18H2,1-4H3/t19-,20+,21+,22-,23+,24+,25-,26-,27+,28-,29-,30-,31-,32+,33-,34+,35-,36+,37+,38-,39-,40-,41-,42+,43+,44-,45-,46+,47+,48+,49+,50+,51-/m1/s1. The summed E-state index contributed by atoms with van der Waals surface area (Å²) in [6, 6.07) is 0. The number of aliphatic hydroxyl groups excluding tert-OH is 14. The van der Waals surface area contributed by atoms with Crippen molar-refractivity contribution >= 4 is 0 Å². The number of fused-ring (bicyclic) bond motifs is 7. The van der Waals surface area contributed by atoms with Gasteiger partial charge in [-0.25, -0.2) is 0 Å². The van der Waals surface area contributed by atoms with E-state index in [2.05, 4.69) is 27.7 Å². The van der Waals surface area contributed by atoms with Crippen molar-refractivity contribution in [2.45, 2.75) is 232 Å². The highest BCUT2D eigenvalue weighted by molar-refractivity contribution is 5.16. The van der Waals surface area contributed by atoms with Crippen molar-refractivity contribution in [3.8, 4) is 0 Å². The van der Waals surface area contributed by atoms with Gasteiger partial charge in [-0.2, -0.15) is 0 Å². The van der Waals surface area contributed by atoms with Gasteiger partial charge >= 0.3 is 0 Å². The summed E-state index contributed by atoms with van der Waals surface area (Å²) in [5, 5.41) is 152. The molecule has 0 bridgehead atoms. The summed E-state index contributed by atoms with van der Waals surface area (Å²) in [4.78, 5) is 0. The molecule has 10 rings (SSSR count). The lowest BCUT2D eigenvalue weighted by molar-refractivity contribution is -0.407. The molecule has 24 nitrogen and oxygen atoms in total. The fourth-order valence-electron chi connectivity index (χ4n) is 16.2. The normalized spacial score (nSPS) is 58.0. The quantitative estimate of drug-likeness (QED) is 0.0830. The van der Waals surface area contributed by atoms with Crippen LogP contribution in [-0.4, -0.2) is 251 Å². The molecular weight excluding hydrogens is 997 g/mol. The van der Waals surface area contributed by atoms with Crippen molar-refractivity contribution in [2.24, 2.45) is 52.3 Å². The van der Waals surface area contributed by atoms with Gasteiger partial charge in [-0.05, 0) is 97.7 Å². The molecule has 1 spiro atoms. The summed E-state index contributed by atoms with van der Waals surface area (Å²) in [5.41, 5.74) is -0.0790. The van der Waals surface area contributed by atoms with Gasteiger partial charge in [0.1, 0.15) is 97.7 Å². The Morgan fingerprint density at radius 2 is 1.04 bits per heavy atom. The van der Waals surface area contributed by atoms with E-state index in [4.69, 9.17) is 47.4 Å². The van der Waals surface area contributed by atoms with Crippen molar-refractivity contribution in [1.29, 1.82) is 0 Å². The summed E-state index contributed by atoms with van der Waals surface area (Å²) in [5.74, 6) is 2.26. The first kappa shape index (κ1) is 57.3. The van der Waals surface area contributed by atoms with Crippen LogP contribution in [0.2, 0.25) is 0 Å². The second kappa shape index (κ2) is 22.1. The van der Waals surface area contributed by atoms with Crippen LogP contribution in [0.1, 0.15) is 85.5 Å². The van der Waals surface area contributed by atoms with Crippen LogP contribution in [0.4, 0.5) is 0 Å². The molecule has 24 heteroatoms. The van der Waals surface area contributed by atoms with Crippen molar-refractivity contribution in [1.82, 2.24) is 0 Å². The average molecular weight is 1080 g/mol. The summed E-state index contributed by atoms with van der Waals surface area (Å²) in [6.07, 6.45) is -30.3. The Morgan fingerprint density at radius 3 is 1.64 bits per heavy atom. The molecule has 75 heavy (non-hydrogen) atoms. The van der Waals surface area contributed by atoms with Gasteiger partial charge in [0.25, 0.3) is 0 Å². The third-order valence-corrected chi connectivity index (χ3v) is 20.4. The Hall–Kier alpha value is -0.960. The highest BCUT2D eigenvalue weighted by Gasteiger charge is 2.70. The molecule has 432 valence electrons. The van der Waals surface area contributed by atoms with E-state index in [0.717, 1.165) is 51.6 Å². The van der Waals surface area contributed by atoms with Crippen LogP contribution in [0.25, 0.3) is 0 Å². The minimum Gasteiger partial charge on any atom is -0.394 e. The van der Waals surface area contributed by atoms with E-state index < -0.39 is 167 Å². The van der Waals surface area contributed by atoms with Crippen LogP contribution in [0, 0.1) is 52.3 Å². The van der Waals surface area contributed by atoms with Gasteiger partial charge in [0.2, 0.25) is 0 Å². The third kappa shape index (κ3) is 9.79. The molecule has 10 fully saturated rings.